The number of ether oxygens (including phenoxy) is 1. The van der Waals surface area contributed by atoms with Crippen LogP contribution in [0.1, 0.15) is 30.0 Å². The predicted octanol–water partition coefficient (Wildman–Crippen LogP) is 3.54. The number of aryl methyl sites for hydroxylation is 2. The first-order valence-electron chi connectivity index (χ1n) is 6.61. The molecule has 0 aliphatic heterocycles. The molecule has 1 N–H and O–H groups in total. The van der Waals surface area contributed by atoms with E-state index < -0.39 is 0 Å². The molecule has 0 radical (unpaired) electrons. The Morgan fingerprint density at radius 1 is 1.22 bits per heavy atom. The van der Waals surface area contributed by atoms with Gasteiger partial charge in [0.1, 0.15) is 5.75 Å². The van der Waals surface area contributed by atoms with Gasteiger partial charge in [-0.1, -0.05) is 19.1 Å². The van der Waals surface area contributed by atoms with Crippen LogP contribution in [0.15, 0.2) is 12.1 Å². The second kappa shape index (κ2) is 8.44. The molecule has 0 unspecified atom stereocenters. The van der Waals surface area contributed by atoms with Gasteiger partial charge in [0, 0.05) is 12.3 Å². The van der Waals surface area contributed by atoms with Crippen molar-refractivity contribution >= 4 is 11.8 Å². The third-order valence-corrected chi connectivity index (χ3v) is 3.38. The normalized spacial score (nSPS) is 10.7. The smallest absolute Gasteiger partial charge is 0.125 e. The van der Waals surface area contributed by atoms with E-state index in [-0.39, 0.29) is 0 Å². The molecule has 0 aromatic heterocycles. The number of thioether (sulfide) groups is 1. The molecule has 1 aromatic rings. The van der Waals surface area contributed by atoms with Crippen LogP contribution in [0, 0.1) is 13.8 Å². The van der Waals surface area contributed by atoms with Crippen molar-refractivity contribution < 1.29 is 4.74 Å². The fraction of sp³-hybridized carbons (Fsp3) is 0.600. The SMILES string of the molecule is CCCNCc1cc(C)c(OCCSC)c(C)c1. The van der Waals surface area contributed by atoms with E-state index in [1.54, 1.807) is 0 Å². The zero-order chi connectivity index (χ0) is 13.4. The van der Waals surface area contributed by atoms with Crippen molar-refractivity contribution in [2.75, 3.05) is 25.2 Å². The minimum atomic E-state index is 0.788. The summed E-state index contributed by atoms with van der Waals surface area (Å²) in [7, 11) is 0. The highest BCUT2D eigenvalue weighted by atomic mass is 32.2. The van der Waals surface area contributed by atoms with E-state index in [9.17, 15) is 0 Å². The first-order valence-corrected chi connectivity index (χ1v) is 8.01. The van der Waals surface area contributed by atoms with E-state index >= 15 is 0 Å². The van der Waals surface area contributed by atoms with Gasteiger partial charge in [-0.2, -0.15) is 11.8 Å². The molecule has 0 atom stereocenters. The topological polar surface area (TPSA) is 21.3 Å². The summed E-state index contributed by atoms with van der Waals surface area (Å²) >= 11 is 1.81. The lowest BCUT2D eigenvalue weighted by Crippen LogP contribution is -2.14. The minimum Gasteiger partial charge on any atom is -0.492 e. The molecule has 3 heteroatoms. The lowest BCUT2D eigenvalue weighted by molar-refractivity contribution is 0.339. The first kappa shape index (κ1) is 15.4. The molecule has 1 aromatic carbocycles. The number of hydrogen-bond donors (Lipinski definition) is 1. The van der Waals surface area contributed by atoms with Crippen molar-refractivity contribution in [3.05, 3.63) is 28.8 Å². The van der Waals surface area contributed by atoms with Gasteiger partial charge in [0.05, 0.1) is 6.61 Å². The average Bonchev–Trinajstić information content (AvgIpc) is 2.33. The molecule has 0 bridgehead atoms. The maximum absolute atomic E-state index is 5.85. The lowest BCUT2D eigenvalue weighted by Gasteiger charge is -2.14. The maximum Gasteiger partial charge on any atom is 0.125 e. The van der Waals surface area contributed by atoms with E-state index in [0.29, 0.717) is 0 Å². The largest absolute Gasteiger partial charge is 0.492 e. The van der Waals surface area contributed by atoms with Crippen molar-refractivity contribution in [3.63, 3.8) is 0 Å². The zero-order valence-corrected chi connectivity index (χ0v) is 12.8. The van der Waals surface area contributed by atoms with Gasteiger partial charge in [0.2, 0.25) is 0 Å². The van der Waals surface area contributed by atoms with Gasteiger partial charge < -0.3 is 10.1 Å². The Bertz CT molecular complexity index is 343. The second-order valence-corrected chi connectivity index (χ2v) is 5.56. The van der Waals surface area contributed by atoms with E-state index in [2.05, 4.69) is 44.5 Å². The summed E-state index contributed by atoms with van der Waals surface area (Å²) in [5, 5.41) is 3.43. The van der Waals surface area contributed by atoms with Gasteiger partial charge in [-0.3, -0.25) is 0 Å². The number of rotatable bonds is 8. The van der Waals surface area contributed by atoms with E-state index in [1.165, 1.54) is 23.1 Å². The molecular formula is C15H25NOS. The van der Waals surface area contributed by atoms with Crippen LogP contribution in [-0.2, 0) is 6.54 Å². The van der Waals surface area contributed by atoms with Crippen molar-refractivity contribution in [2.24, 2.45) is 0 Å². The standard InChI is InChI=1S/C15H25NOS/c1-5-6-16-11-14-9-12(2)15(13(3)10-14)17-7-8-18-4/h9-10,16H,5-8,11H2,1-4H3. The van der Waals surface area contributed by atoms with Crippen LogP contribution in [0.3, 0.4) is 0 Å². The third-order valence-electron chi connectivity index (χ3n) is 2.81. The monoisotopic (exact) mass is 267 g/mol. The Hall–Kier alpha value is -0.670. The fourth-order valence-electron chi connectivity index (χ4n) is 2.01. The van der Waals surface area contributed by atoms with Crippen molar-refractivity contribution in [1.82, 2.24) is 5.32 Å². The van der Waals surface area contributed by atoms with Crippen LogP contribution < -0.4 is 10.1 Å². The van der Waals surface area contributed by atoms with Crippen molar-refractivity contribution in [3.8, 4) is 5.75 Å². The summed E-state index contributed by atoms with van der Waals surface area (Å²) in [6.07, 6.45) is 3.28. The summed E-state index contributed by atoms with van der Waals surface area (Å²) < 4.78 is 5.85. The summed E-state index contributed by atoms with van der Waals surface area (Å²) in [5.74, 6) is 2.10. The first-order chi connectivity index (χ1) is 8.69. The molecule has 1 rings (SSSR count). The molecule has 0 amide bonds. The van der Waals surface area contributed by atoms with Crippen LogP contribution in [0.5, 0.6) is 5.75 Å². The fourth-order valence-corrected chi connectivity index (χ4v) is 2.26. The van der Waals surface area contributed by atoms with Gasteiger partial charge >= 0.3 is 0 Å². The highest BCUT2D eigenvalue weighted by molar-refractivity contribution is 7.98. The van der Waals surface area contributed by atoms with E-state index in [4.69, 9.17) is 4.74 Å². The average molecular weight is 267 g/mol. The maximum atomic E-state index is 5.85. The molecule has 0 fully saturated rings. The molecule has 0 saturated carbocycles. The van der Waals surface area contributed by atoms with Gasteiger partial charge in [-0.15, -0.1) is 0 Å². The van der Waals surface area contributed by atoms with Crippen LogP contribution in [0.2, 0.25) is 0 Å². The van der Waals surface area contributed by atoms with Gasteiger partial charge in [-0.25, -0.2) is 0 Å². The molecule has 102 valence electrons. The number of hydrogen-bond acceptors (Lipinski definition) is 3. The Labute approximate surface area is 116 Å². The predicted molar refractivity (Wildman–Crippen MR) is 81.8 cm³/mol. The molecule has 0 aliphatic rings. The summed E-state index contributed by atoms with van der Waals surface area (Å²) in [6, 6.07) is 4.45. The van der Waals surface area contributed by atoms with Gasteiger partial charge in [-0.05, 0) is 49.8 Å². The molecule has 0 heterocycles. The van der Waals surface area contributed by atoms with Crippen LogP contribution >= 0.6 is 11.8 Å². The number of benzene rings is 1. The zero-order valence-electron chi connectivity index (χ0n) is 12.0. The second-order valence-electron chi connectivity index (χ2n) is 4.58. The highest BCUT2D eigenvalue weighted by Gasteiger charge is 2.06. The van der Waals surface area contributed by atoms with Gasteiger partial charge in [0.25, 0.3) is 0 Å². The summed E-state index contributed by atoms with van der Waals surface area (Å²) in [4.78, 5) is 0. The van der Waals surface area contributed by atoms with Crippen molar-refractivity contribution in [2.45, 2.75) is 33.7 Å². The third kappa shape index (κ3) is 4.91. The molecule has 18 heavy (non-hydrogen) atoms. The Morgan fingerprint density at radius 2 is 1.89 bits per heavy atom. The Morgan fingerprint density at radius 3 is 2.44 bits per heavy atom. The molecule has 2 nitrogen and oxygen atoms in total. The molecule has 0 spiro atoms. The van der Waals surface area contributed by atoms with E-state index in [0.717, 1.165) is 31.2 Å². The number of nitrogens with one attached hydrogen (secondary N) is 1. The van der Waals surface area contributed by atoms with E-state index in [1.807, 2.05) is 11.8 Å². The molecular weight excluding hydrogens is 242 g/mol. The van der Waals surface area contributed by atoms with Crippen LogP contribution in [0.25, 0.3) is 0 Å². The highest BCUT2D eigenvalue weighted by Crippen LogP contribution is 2.25. The summed E-state index contributed by atoms with van der Waals surface area (Å²) in [5.41, 5.74) is 3.82. The quantitative estimate of drug-likeness (QED) is 0.728. The van der Waals surface area contributed by atoms with Crippen molar-refractivity contribution in [1.29, 1.82) is 0 Å². The lowest BCUT2D eigenvalue weighted by atomic mass is 10.1. The van der Waals surface area contributed by atoms with Gasteiger partial charge in [0.15, 0.2) is 0 Å². The molecule has 0 aliphatic carbocycles. The van der Waals surface area contributed by atoms with Crippen LogP contribution in [-0.4, -0.2) is 25.2 Å². The molecule has 0 saturated heterocycles. The Kier molecular flexibility index (Phi) is 7.21. The summed E-state index contributed by atoms with van der Waals surface area (Å²) in [6.45, 7) is 9.25. The van der Waals surface area contributed by atoms with Crippen LogP contribution in [0.4, 0.5) is 0 Å². The minimum absolute atomic E-state index is 0.788. The Balaban J connectivity index is 2.65.